The Kier molecular flexibility index (Phi) is 4.22. The molecule has 0 saturated carbocycles. The first-order valence-corrected chi connectivity index (χ1v) is 5.32. The number of hydrogen-bond acceptors (Lipinski definition) is 5. The van der Waals surface area contributed by atoms with Gasteiger partial charge in [-0.2, -0.15) is 0 Å². The van der Waals surface area contributed by atoms with E-state index in [9.17, 15) is 15.0 Å². The molecule has 0 aliphatic heterocycles. The van der Waals surface area contributed by atoms with Crippen LogP contribution >= 0.6 is 11.3 Å². The van der Waals surface area contributed by atoms with Gasteiger partial charge in [-0.3, -0.25) is 0 Å². The second kappa shape index (κ2) is 5.22. The smallest absolute Gasteiger partial charge is 0.336 e. The summed E-state index contributed by atoms with van der Waals surface area (Å²) in [6, 6.07) is 1.36. The molecule has 1 heterocycles. The van der Waals surface area contributed by atoms with Gasteiger partial charge in [-0.1, -0.05) is 0 Å². The molecule has 0 amide bonds. The maximum absolute atomic E-state index is 10.6. The first-order chi connectivity index (χ1) is 7.06. The minimum Gasteiger partial charge on any atom is -0.478 e. The molecule has 2 unspecified atom stereocenters. The fraction of sp³-hybridized carbons (Fsp3) is 0.444. The molecular formula is C9H13NO4S. The quantitative estimate of drug-likeness (QED) is 0.579. The van der Waals surface area contributed by atoms with E-state index in [0.29, 0.717) is 4.88 Å². The highest BCUT2D eigenvalue weighted by atomic mass is 32.1. The average molecular weight is 231 g/mol. The number of aliphatic hydroxyl groups is 2. The molecule has 0 bridgehead atoms. The lowest BCUT2D eigenvalue weighted by atomic mass is 10.1. The van der Waals surface area contributed by atoms with Crippen molar-refractivity contribution in [1.82, 2.24) is 0 Å². The molecule has 0 aliphatic carbocycles. The lowest BCUT2D eigenvalue weighted by molar-refractivity contribution is 0.0171. The van der Waals surface area contributed by atoms with Crippen LogP contribution in [0.15, 0.2) is 11.4 Å². The van der Waals surface area contributed by atoms with Crippen LogP contribution in [0.1, 0.15) is 27.8 Å². The van der Waals surface area contributed by atoms with Gasteiger partial charge in [-0.15, -0.1) is 11.3 Å². The number of aliphatic hydroxyl groups excluding tert-OH is 2. The van der Waals surface area contributed by atoms with Crippen molar-refractivity contribution in [2.24, 2.45) is 5.73 Å². The lowest BCUT2D eigenvalue weighted by Gasteiger charge is -2.15. The normalized spacial score (nSPS) is 14.9. The van der Waals surface area contributed by atoms with Crippen molar-refractivity contribution < 1.29 is 20.1 Å². The summed E-state index contributed by atoms with van der Waals surface area (Å²) in [7, 11) is 0. The predicted molar refractivity (Wildman–Crippen MR) is 55.9 cm³/mol. The highest BCUT2D eigenvalue weighted by molar-refractivity contribution is 7.10. The number of carboxylic acid groups (broad SMARTS) is 1. The number of rotatable bonds is 5. The third-order valence-electron chi connectivity index (χ3n) is 1.99. The standard InChI is InChI=1S/C9H13NO4S/c10-2-1-6(11)8(12)7-3-5(4-15-7)9(13)14/h3-4,6,8,11-12H,1-2,10H2,(H,13,14). The Labute approximate surface area is 90.8 Å². The largest absolute Gasteiger partial charge is 0.478 e. The number of hydrogen-bond donors (Lipinski definition) is 4. The molecule has 0 aliphatic rings. The van der Waals surface area contributed by atoms with Gasteiger partial charge in [0.05, 0.1) is 11.7 Å². The monoisotopic (exact) mass is 231 g/mol. The Morgan fingerprint density at radius 3 is 2.67 bits per heavy atom. The van der Waals surface area contributed by atoms with E-state index in [1.165, 1.54) is 11.4 Å². The highest BCUT2D eigenvalue weighted by Gasteiger charge is 2.20. The summed E-state index contributed by atoms with van der Waals surface area (Å²) in [5.74, 6) is -1.04. The summed E-state index contributed by atoms with van der Waals surface area (Å²) in [4.78, 5) is 11.0. The van der Waals surface area contributed by atoms with E-state index >= 15 is 0 Å². The zero-order chi connectivity index (χ0) is 11.4. The van der Waals surface area contributed by atoms with Gasteiger partial charge in [0, 0.05) is 10.3 Å². The van der Waals surface area contributed by atoms with Gasteiger partial charge in [0.2, 0.25) is 0 Å². The van der Waals surface area contributed by atoms with Gasteiger partial charge in [0.1, 0.15) is 6.10 Å². The van der Waals surface area contributed by atoms with Crippen LogP contribution in [-0.2, 0) is 0 Å². The Morgan fingerprint density at radius 1 is 1.53 bits per heavy atom. The molecule has 6 heteroatoms. The van der Waals surface area contributed by atoms with Gasteiger partial charge >= 0.3 is 5.97 Å². The molecule has 1 aromatic heterocycles. The second-order valence-electron chi connectivity index (χ2n) is 3.13. The van der Waals surface area contributed by atoms with Crippen LogP contribution in [0.3, 0.4) is 0 Å². The summed E-state index contributed by atoms with van der Waals surface area (Å²) in [5.41, 5.74) is 5.36. The van der Waals surface area contributed by atoms with Crippen LogP contribution in [0, 0.1) is 0 Å². The minimum absolute atomic E-state index is 0.119. The van der Waals surface area contributed by atoms with Crippen molar-refractivity contribution in [3.63, 3.8) is 0 Å². The van der Waals surface area contributed by atoms with Crippen molar-refractivity contribution in [2.75, 3.05) is 6.54 Å². The maximum atomic E-state index is 10.6. The van der Waals surface area contributed by atoms with Crippen LogP contribution in [0.4, 0.5) is 0 Å². The van der Waals surface area contributed by atoms with Gasteiger partial charge < -0.3 is 21.1 Å². The Morgan fingerprint density at radius 2 is 2.20 bits per heavy atom. The molecule has 1 rings (SSSR count). The fourth-order valence-corrected chi connectivity index (χ4v) is 2.06. The van der Waals surface area contributed by atoms with E-state index in [1.54, 1.807) is 0 Å². The van der Waals surface area contributed by atoms with E-state index in [2.05, 4.69) is 0 Å². The van der Waals surface area contributed by atoms with Crippen molar-refractivity contribution in [3.05, 3.63) is 21.9 Å². The molecule has 5 nitrogen and oxygen atoms in total. The first-order valence-electron chi connectivity index (χ1n) is 4.44. The predicted octanol–water partition coefficient (Wildman–Crippen LogP) is 0.189. The second-order valence-corrected chi connectivity index (χ2v) is 4.08. The molecule has 0 saturated heterocycles. The molecule has 0 aromatic carbocycles. The molecule has 2 atom stereocenters. The minimum atomic E-state index is -1.06. The Balaban J connectivity index is 2.73. The van der Waals surface area contributed by atoms with Crippen molar-refractivity contribution in [2.45, 2.75) is 18.6 Å². The van der Waals surface area contributed by atoms with Crippen LogP contribution in [0.5, 0.6) is 0 Å². The number of carbonyl (C=O) groups is 1. The van der Waals surface area contributed by atoms with Gasteiger partial charge in [0.25, 0.3) is 0 Å². The fourth-order valence-electron chi connectivity index (χ4n) is 1.14. The molecular weight excluding hydrogens is 218 g/mol. The lowest BCUT2D eigenvalue weighted by Crippen LogP contribution is -2.21. The van der Waals surface area contributed by atoms with Gasteiger partial charge in [-0.25, -0.2) is 4.79 Å². The molecule has 1 aromatic rings. The van der Waals surface area contributed by atoms with Crippen LogP contribution in [-0.4, -0.2) is 33.9 Å². The highest BCUT2D eigenvalue weighted by Crippen LogP contribution is 2.25. The SMILES string of the molecule is NCCC(O)C(O)c1cc(C(=O)O)cs1. The van der Waals surface area contributed by atoms with Crippen LogP contribution in [0.25, 0.3) is 0 Å². The zero-order valence-corrected chi connectivity index (χ0v) is 8.78. The van der Waals surface area contributed by atoms with Crippen LogP contribution in [0.2, 0.25) is 0 Å². The van der Waals surface area contributed by atoms with Crippen molar-refractivity contribution >= 4 is 17.3 Å². The Bertz CT molecular complexity index is 339. The summed E-state index contributed by atoms with van der Waals surface area (Å²) in [6.45, 7) is 0.273. The molecule has 84 valence electrons. The molecule has 0 spiro atoms. The van der Waals surface area contributed by atoms with Crippen molar-refractivity contribution in [1.29, 1.82) is 0 Å². The Hall–Kier alpha value is -0.950. The number of thiophene rings is 1. The zero-order valence-electron chi connectivity index (χ0n) is 7.96. The van der Waals surface area contributed by atoms with E-state index in [1.807, 2.05) is 0 Å². The molecule has 0 radical (unpaired) electrons. The summed E-state index contributed by atoms with van der Waals surface area (Å²) < 4.78 is 0. The van der Waals surface area contributed by atoms with Gasteiger partial charge in [0.15, 0.2) is 0 Å². The van der Waals surface area contributed by atoms with E-state index in [4.69, 9.17) is 10.8 Å². The topological polar surface area (TPSA) is 104 Å². The third kappa shape index (κ3) is 3.00. The number of carboxylic acids is 1. The van der Waals surface area contributed by atoms with Crippen LogP contribution < -0.4 is 5.73 Å². The summed E-state index contributed by atoms with van der Waals surface area (Å²) >= 11 is 1.11. The molecule has 15 heavy (non-hydrogen) atoms. The summed E-state index contributed by atoms with van der Waals surface area (Å²) in [5, 5.41) is 29.2. The number of aromatic carboxylic acids is 1. The van der Waals surface area contributed by atoms with Gasteiger partial charge in [-0.05, 0) is 19.0 Å². The molecule has 0 fully saturated rings. The van der Waals surface area contributed by atoms with E-state index in [-0.39, 0.29) is 18.5 Å². The summed E-state index contributed by atoms with van der Waals surface area (Å²) in [6.07, 6.45) is -1.73. The van der Waals surface area contributed by atoms with E-state index in [0.717, 1.165) is 11.3 Å². The number of nitrogens with two attached hydrogens (primary N) is 1. The third-order valence-corrected chi connectivity index (χ3v) is 2.99. The average Bonchev–Trinajstić information content (AvgIpc) is 2.65. The van der Waals surface area contributed by atoms with Crippen molar-refractivity contribution in [3.8, 4) is 0 Å². The molecule has 5 N–H and O–H groups in total. The van der Waals surface area contributed by atoms with E-state index < -0.39 is 18.2 Å². The maximum Gasteiger partial charge on any atom is 0.336 e. The first kappa shape index (κ1) is 12.1.